The van der Waals surface area contributed by atoms with Crippen LogP contribution in [0.3, 0.4) is 0 Å². The highest BCUT2D eigenvalue weighted by molar-refractivity contribution is 5.38. The van der Waals surface area contributed by atoms with E-state index in [1.807, 2.05) is 13.8 Å². The fourth-order valence-electron chi connectivity index (χ4n) is 1.46. The van der Waals surface area contributed by atoms with Crippen LogP contribution >= 0.6 is 0 Å². The van der Waals surface area contributed by atoms with E-state index >= 15 is 0 Å². The molecule has 0 bridgehead atoms. The summed E-state index contributed by atoms with van der Waals surface area (Å²) < 4.78 is 4.99. The lowest BCUT2D eigenvalue weighted by molar-refractivity contribution is 0.333. The third-order valence-corrected chi connectivity index (χ3v) is 2.67. The molecule has 1 rings (SSSR count). The van der Waals surface area contributed by atoms with Crippen LogP contribution in [0.4, 0.5) is 0 Å². The van der Waals surface area contributed by atoms with Crippen LogP contribution in [0.1, 0.15) is 32.3 Å². The van der Waals surface area contributed by atoms with Gasteiger partial charge in [-0.15, -0.1) is 0 Å². The monoisotopic (exact) mass is 252 g/mol. The van der Waals surface area contributed by atoms with E-state index in [-0.39, 0.29) is 11.7 Å². The van der Waals surface area contributed by atoms with Gasteiger partial charge in [0.2, 0.25) is 0 Å². The topological polar surface area (TPSA) is 49.7 Å². The molecule has 0 saturated heterocycles. The molecule has 2 N–H and O–H groups in total. The van der Waals surface area contributed by atoms with Gasteiger partial charge in [-0.25, -0.2) is 0 Å². The molecule has 0 aromatic heterocycles. The Hall–Kier alpha value is -1.64. The lowest BCUT2D eigenvalue weighted by Crippen LogP contribution is -1.95. The van der Waals surface area contributed by atoms with Crippen LogP contribution in [0.5, 0.6) is 11.5 Å². The number of aliphatic hydroxyl groups excluding tert-OH is 1. The molecule has 3 nitrogen and oxygen atoms in total. The van der Waals surface area contributed by atoms with Gasteiger partial charge < -0.3 is 14.9 Å². The van der Waals surface area contributed by atoms with Crippen LogP contribution in [-0.4, -0.2) is 17.3 Å². The summed E-state index contributed by atoms with van der Waals surface area (Å²) in [5, 5.41) is 17.7. The first-order valence-corrected chi connectivity index (χ1v) is 6.13. The Labute approximate surface area is 110 Å². The fourth-order valence-corrected chi connectivity index (χ4v) is 1.46. The third kappa shape index (κ3) is 6.18. The summed E-state index contributed by atoms with van der Waals surface area (Å²) in [5.74, 6) is 1.67. The summed E-state index contributed by atoms with van der Waals surface area (Å²) in [5.41, 5.74) is 0.947. The number of hydrogen-bond donors (Lipinski definition) is 2. The van der Waals surface area contributed by atoms with Gasteiger partial charge in [0, 0.05) is 5.92 Å². The molecule has 0 aliphatic carbocycles. The summed E-state index contributed by atoms with van der Waals surface area (Å²) >= 11 is 0. The fraction of sp³-hybridized carbons (Fsp3) is 0.467. The Morgan fingerprint density at radius 3 is 2.39 bits per heavy atom. The smallest absolute Gasteiger partial charge is 0.122 e. The van der Waals surface area contributed by atoms with E-state index in [0.29, 0.717) is 5.76 Å². The zero-order chi connectivity index (χ0) is 14.1. The van der Waals surface area contributed by atoms with Crippen molar-refractivity contribution < 1.29 is 14.9 Å². The average Bonchev–Trinajstić information content (AvgIpc) is 2.30. The highest BCUT2D eigenvalue weighted by Gasteiger charge is 2.00. The summed E-state index contributed by atoms with van der Waals surface area (Å²) in [7, 11) is 1.61. The second-order valence-electron chi connectivity index (χ2n) is 4.33. The molecular weight excluding hydrogens is 228 g/mol. The summed E-state index contributed by atoms with van der Waals surface area (Å²) in [6, 6.07) is 5.01. The quantitative estimate of drug-likeness (QED) is 0.789. The van der Waals surface area contributed by atoms with Crippen LogP contribution < -0.4 is 4.74 Å². The summed E-state index contributed by atoms with van der Waals surface area (Å²) in [6.07, 6.45) is 2.15. The van der Waals surface area contributed by atoms with Gasteiger partial charge in [0.25, 0.3) is 0 Å². The molecule has 0 aliphatic heterocycles. The van der Waals surface area contributed by atoms with E-state index in [2.05, 4.69) is 13.5 Å². The van der Waals surface area contributed by atoms with E-state index in [0.717, 1.165) is 24.2 Å². The number of rotatable bonds is 4. The third-order valence-electron chi connectivity index (χ3n) is 2.67. The van der Waals surface area contributed by atoms with Crippen molar-refractivity contribution in [3.05, 3.63) is 36.1 Å². The van der Waals surface area contributed by atoms with Crippen LogP contribution in [0.25, 0.3) is 0 Å². The maximum absolute atomic E-state index is 8.98. The zero-order valence-electron chi connectivity index (χ0n) is 11.7. The molecule has 3 heteroatoms. The maximum atomic E-state index is 8.98. The molecule has 0 amide bonds. The van der Waals surface area contributed by atoms with Crippen LogP contribution in [0, 0.1) is 12.8 Å². The zero-order valence-corrected chi connectivity index (χ0v) is 11.7. The number of methoxy groups -OCH3 is 1. The van der Waals surface area contributed by atoms with Crippen molar-refractivity contribution in [2.75, 3.05) is 7.11 Å². The first kappa shape index (κ1) is 16.4. The maximum Gasteiger partial charge on any atom is 0.122 e. The van der Waals surface area contributed by atoms with Crippen molar-refractivity contribution in [1.29, 1.82) is 0 Å². The molecule has 1 aromatic carbocycles. The number of hydrogen-bond acceptors (Lipinski definition) is 3. The van der Waals surface area contributed by atoms with Crippen LogP contribution in [0.15, 0.2) is 30.5 Å². The van der Waals surface area contributed by atoms with E-state index in [4.69, 9.17) is 14.9 Å². The second kappa shape index (κ2) is 8.45. The van der Waals surface area contributed by atoms with Gasteiger partial charge in [-0.3, -0.25) is 0 Å². The average molecular weight is 252 g/mol. The van der Waals surface area contributed by atoms with Gasteiger partial charge >= 0.3 is 0 Å². The molecule has 0 heterocycles. The Balaban J connectivity index is 0.000000331. The number of aryl methyl sites for hydroxylation is 1. The van der Waals surface area contributed by atoms with Gasteiger partial charge in [0.1, 0.15) is 11.5 Å². The van der Waals surface area contributed by atoms with E-state index in [1.165, 1.54) is 0 Å². The highest BCUT2D eigenvalue weighted by atomic mass is 16.5. The summed E-state index contributed by atoms with van der Waals surface area (Å²) in [6.45, 7) is 9.39. The Morgan fingerprint density at radius 1 is 1.44 bits per heavy atom. The predicted molar refractivity (Wildman–Crippen MR) is 75.2 cm³/mol. The minimum atomic E-state index is 0.276. The van der Waals surface area contributed by atoms with Crippen molar-refractivity contribution in [1.82, 2.24) is 0 Å². The normalized spacial score (nSPS) is 11.1. The van der Waals surface area contributed by atoms with Crippen molar-refractivity contribution in [3.63, 3.8) is 0 Å². The van der Waals surface area contributed by atoms with E-state index in [1.54, 1.807) is 25.3 Å². The number of allylic oxidation sites excluding steroid dienone is 1. The van der Waals surface area contributed by atoms with Crippen molar-refractivity contribution >= 4 is 0 Å². The number of ether oxygens (including phenoxy) is 1. The van der Waals surface area contributed by atoms with Gasteiger partial charge in [-0.1, -0.05) is 26.8 Å². The molecule has 18 heavy (non-hydrogen) atoms. The first-order valence-electron chi connectivity index (χ1n) is 6.13. The molecule has 0 aliphatic rings. The molecular formula is C15H24O3. The number of aliphatic hydroxyl groups is 1. The number of phenols is 1. The van der Waals surface area contributed by atoms with Crippen molar-refractivity contribution in [3.8, 4) is 11.5 Å². The predicted octanol–water partition coefficient (Wildman–Crippen LogP) is 4.20. The number of aromatic hydroxyl groups is 1. The number of benzene rings is 1. The molecule has 0 radical (unpaired) electrons. The first-order chi connectivity index (χ1) is 8.42. The second-order valence-corrected chi connectivity index (χ2v) is 4.33. The van der Waals surface area contributed by atoms with Gasteiger partial charge in [-0.2, -0.15) is 0 Å². The van der Waals surface area contributed by atoms with E-state index in [9.17, 15) is 0 Å². The van der Waals surface area contributed by atoms with E-state index < -0.39 is 0 Å². The molecule has 0 spiro atoms. The van der Waals surface area contributed by atoms with Crippen LogP contribution in [0.2, 0.25) is 0 Å². The molecule has 1 atom stereocenters. The largest absolute Gasteiger partial charge is 0.513 e. The van der Waals surface area contributed by atoms with Gasteiger partial charge in [-0.05, 0) is 37.1 Å². The highest BCUT2D eigenvalue weighted by Crippen LogP contribution is 2.21. The molecule has 1 unspecified atom stereocenters. The lowest BCUT2D eigenvalue weighted by Gasteiger charge is -2.05. The molecule has 1 aromatic rings. The minimum Gasteiger partial charge on any atom is -0.513 e. The Kier molecular flexibility index (Phi) is 7.68. The molecule has 102 valence electrons. The molecule has 0 saturated carbocycles. The lowest BCUT2D eigenvalue weighted by atomic mass is 10.1. The standard InChI is InChI=1S/C8H10O2.C7H14O/c1-6-5-7(9)3-4-8(6)10-2;1-4-5-6(2)7(3)8/h3-5,9H,1-2H3;6,8H,3-5H2,1-2H3. The molecule has 0 fully saturated rings. The van der Waals surface area contributed by atoms with Gasteiger partial charge in [0.15, 0.2) is 0 Å². The minimum absolute atomic E-state index is 0.276. The summed E-state index contributed by atoms with van der Waals surface area (Å²) in [4.78, 5) is 0. The van der Waals surface area contributed by atoms with Crippen LogP contribution in [-0.2, 0) is 0 Å². The number of phenolic OH excluding ortho intramolecular Hbond substituents is 1. The Bertz CT molecular complexity index is 372. The Morgan fingerprint density at radius 2 is 2.06 bits per heavy atom. The van der Waals surface area contributed by atoms with Crippen molar-refractivity contribution in [2.45, 2.75) is 33.6 Å². The van der Waals surface area contributed by atoms with Gasteiger partial charge in [0.05, 0.1) is 12.9 Å². The van der Waals surface area contributed by atoms with Crippen molar-refractivity contribution in [2.24, 2.45) is 5.92 Å². The SMILES string of the molecule is C=C(O)C(C)CCC.COc1ccc(O)cc1C.